The molecular weight excluding hydrogens is 240 g/mol. The van der Waals surface area contributed by atoms with E-state index in [2.05, 4.69) is 20.2 Å². The van der Waals surface area contributed by atoms with Crippen molar-refractivity contribution in [3.05, 3.63) is 42.9 Å². The second-order valence-electron chi connectivity index (χ2n) is 4.16. The zero-order chi connectivity index (χ0) is 13.1. The fraction of sp³-hybridized carbons (Fsp3) is 0.154. The van der Waals surface area contributed by atoms with E-state index in [4.69, 9.17) is 5.73 Å². The zero-order valence-corrected chi connectivity index (χ0v) is 10.3. The molecule has 0 saturated carbocycles. The van der Waals surface area contributed by atoms with Crippen LogP contribution < -0.4 is 5.73 Å². The molecule has 0 fully saturated rings. The zero-order valence-electron chi connectivity index (χ0n) is 10.3. The summed E-state index contributed by atoms with van der Waals surface area (Å²) in [7, 11) is 0. The molecule has 6 nitrogen and oxygen atoms in total. The number of hydrogen-bond acceptors (Lipinski definition) is 4. The fourth-order valence-corrected chi connectivity index (χ4v) is 1.85. The molecule has 0 radical (unpaired) electrons. The molecule has 0 aliphatic carbocycles. The first kappa shape index (κ1) is 11.6. The van der Waals surface area contributed by atoms with Crippen LogP contribution >= 0.6 is 0 Å². The normalized spacial score (nSPS) is 10.8. The molecule has 0 amide bonds. The summed E-state index contributed by atoms with van der Waals surface area (Å²) in [5.74, 6) is 1.33. The average Bonchev–Trinajstić information content (AvgIpc) is 3.08. The van der Waals surface area contributed by atoms with Gasteiger partial charge >= 0.3 is 0 Å². The Morgan fingerprint density at radius 3 is 2.84 bits per heavy atom. The molecule has 96 valence electrons. The van der Waals surface area contributed by atoms with Gasteiger partial charge < -0.3 is 10.3 Å². The Bertz CT molecular complexity index is 655. The molecule has 0 aliphatic heterocycles. The van der Waals surface area contributed by atoms with Gasteiger partial charge in [0.15, 0.2) is 11.6 Å². The first-order valence-corrected chi connectivity index (χ1v) is 6.07. The van der Waals surface area contributed by atoms with Gasteiger partial charge in [-0.25, -0.2) is 9.97 Å². The topological polar surface area (TPSA) is 85.4 Å². The maximum Gasteiger partial charge on any atom is 0.181 e. The lowest BCUT2D eigenvalue weighted by Gasteiger charge is -1.94. The number of rotatable bonds is 4. The highest BCUT2D eigenvalue weighted by Gasteiger charge is 2.09. The Balaban J connectivity index is 1.88. The number of nitrogens with zero attached hydrogens (tertiary/aromatic N) is 4. The van der Waals surface area contributed by atoms with Gasteiger partial charge in [0.1, 0.15) is 5.69 Å². The maximum atomic E-state index is 5.50. The molecular formula is C13H14N6. The van der Waals surface area contributed by atoms with E-state index in [1.54, 1.807) is 6.33 Å². The summed E-state index contributed by atoms with van der Waals surface area (Å²) in [5.41, 5.74) is 7.25. The first-order valence-electron chi connectivity index (χ1n) is 6.07. The molecule has 2 aromatic heterocycles. The number of aromatic nitrogens is 5. The maximum absolute atomic E-state index is 5.50. The molecule has 1 aromatic carbocycles. The van der Waals surface area contributed by atoms with Crippen molar-refractivity contribution >= 4 is 0 Å². The molecule has 6 heteroatoms. The predicted octanol–water partition coefficient (Wildman–Crippen LogP) is 1.29. The Morgan fingerprint density at radius 2 is 2.05 bits per heavy atom. The molecule has 3 rings (SSSR count). The number of H-pyrrole nitrogens is 1. The molecule has 0 unspecified atom stereocenters. The van der Waals surface area contributed by atoms with Crippen LogP contribution in [-0.2, 0) is 6.54 Å². The molecule has 0 saturated heterocycles. The van der Waals surface area contributed by atoms with Gasteiger partial charge in [-0.1, -0.05) is 30.3 Å². The summed E-state index contributed by atoms with van der Waals surface area (Å²) >= 11 is 0. The monoisotopic (exact) mass is 254 g/mol. The number of hydrogen-bond donors (Lipinski definition) is 2. The van der Waals surface area contributed by atoms with E-state index in [0.29, 0.717) is 18.2 Å². The lowest BCUT2D eigenvalue weighted by Crippen LogP contribution is -2.07. The van der Waals surface area contributed by atoms with Gasteiger partial charge in [0.25, 0.3) is 0 Å². The van der Waals surface area contributed by atoms with E-state index in [1.807, 2.05) is 41.1 Å². The Labute approximate surface area is 110 Å². The largest absolute Gasteiger partial charge is 0.335 e. The van der Waals surface area contributed by atoms with Crippen LogP contribution in [0.3, 0.4) is 0 Å². The number of benzene rings is 1. The molecule has 3 aromatic rings. The SMILES string of the molecule is NCCn1cnc(-c2nc(-c3ccccc3)n[nH]2)c1. The third kappa shape index (κ3) is 2.38. The van der Waals surface area contributed by atoms with Gasteiger partial charge in [0.05, 0.1) is 6.33 Å². The Hall–Kier alpha value is -2.47. The standard InChI is InChI=1S/C13H14N6/c14-6-7-19-8-11(15-9-19)13-16-12(17-18-13)10-4-2-1-3-5-10/h1-5,8-9H,6-7,14H2,(H,16,17,18). The summed E-state index contributed by atoms with van der Waals surface area (Å²) in [6.07, 6.45) is 3.65. The molecule has 19 heavy (non-hydrogen) atoms. The van der Waals surface area contributed by atoms with Crippen molar-refractivity contribution in [3.63, 3.8) is 0 Å². The van der Waals surface area contributed by atoms with Crippen LogP contribution in [0.4, 0.5) is 0 Å². The highest BCUT2D eigenvalue weighted by Crippen LogP contribution is 2.18. The summed E-state index contributed by atoms with van der Waals surface area (Å²) in [5, 5.41) is 7.12. The number of aromatic amines is 1. The van der Waals surface area contributed by atoms with Crippen LogP contribution in [-0.4, -0.2) is 31.3 Å². The minimum Gasteiger partial charge on any atom is -0.335 e. The van der Waals surface area contributed by atoms with Crippen LogP contribution in [0.1, 0.15) is 0 Å². The number of nitrogens with one attached hydrogen (secondary N) is 1. The van der Waals surface area contributed by atoms with E-state index in [1.165, 1.54) is 0 Å². The third-order valence-corrected chi connectivity index (χ3v) is 2.78. The van der Waals surface area contributed by atoms with E-state index in [-0.39, 0.29) is 0 Å². The van der Waals surface area contributed by atoms with Crippen LogP contribution in [0.5, 0.6) is 0 Å². The highest BCUT2D eigenvalue weighted by molar-refractivity contribution is 5.58. The second-order valence-corrected chi connectivity index (χ2v) is 4.16. The molecule has 3 N–H and O–H groups in total. The van der Waals surface area contributed by atoms with Gasteiger partial charge in [-0.3, -0.25) is 5.10 Å². The van der Waals surface area contributed by atoms with Crippen LogP contribution in [0.2, 0.25) is 0 Å². The van der Waals surface area contributed by atoms with E-state index in [0.717, 1.165) is 17.8 Å². The lowest BCUT2D eigenvalue weighted by molar-refractivity contribution is 0.708. The van der Waals surface area contributed by atoms with Crippen LogP contribution in [0.15, 0.2) is 42.9 Å². The van der Waals surface area contributed by atoms with Crippen molar-refractivity contribution in [2.24, 2.45) is 5.73 Å². The van der Waals surface area contributed by atoms with Gasteiger partial charge in [-0.15, -0.1) is 0 Å². The van der Waals surface area contributed by atoms with Crippen molar-refractivity contribution in [2.75, 3.05) is 6.54 Å². The van der Waals surface area contributed by atoms with Crippen LogP contribution in [0.25, 0.3) is 22.9 Å². The van der Waals surface area contributed by atoms with Crippen molar-refractivity contribution < 1.29 is 0 Å². The smallest absolute Gasteiger partial charge is 0.181 e. The molecule has 0 spiro atoms. The van der Waals surface area contributed by atoms with Crippen molar-refractivity contribution in [3.8, 4) is 22.9 Å². The lowest BCUT2D eigenvalue weighted by atomic mass is 10.2. The summed E-state index contributed by atoms with van der Waals surface area (Å²) in [6, 6.07) is 9.83. The van der Waals surface area contributed by atoms with Gasteiger partial charge in [0.2, 0.25) is 0 Å². The van der Waals surface area contributed by atoms with Gasteiger partial charge in [0, 0.05) is 24.8 Å². The average molecular weight is 254 g/mol. The first-order chi connectivity index (χ1) is 9.36. The highest BCUT2D eigenvalue weighted by atomic mass is 15.2. The fourth-order valence-electron chi connectivity index (χ4n) is 1.85. The van der Waals surface area contributed by atoms with Gasteiger partial charge in [-0.2, -0.15) is 5.10 Å². The van der Waals surface area contributed by atoms with Crippen LogP contribution in [0, 0.1) is 0 Å². The van der Waals surface area contributed by atoms with Crippen molar-refractivity contribution in [2.45, 2.75) is 6.54 Å². The summed E-state index contributed by atoms with van der Waals surface area (Å²) < 4.78 is 1.93. The molecule has 0 aliphatic rings. The second kappa shape index (κ2) is 5.03. The van der Waals surface area contributed by atoms with E-state index >= 15 is 0 Å². The quantitative estimate of drug-likeness (QED) is 0.734. The van der Waals surface area contributed by atoms with Crippen molar-refractivity contribution in [1.82, 2.24) is 24.7 Å². The number of imidazole rings is 1. The number of nitrogens with two attached hydrogens (primary N) is 1. The predicted molar refractivity (Wildman–Crippen MR) is 72.1 cm³/mol. The van der Waals surface area contributed by atoms with Crippen molar-refractivity contribution in [1.29, 1.82) is 0 Å². The van der Waals surface area contributed by atoms with E-state index in [9.17, 15) is 0 Å². The Kier molecular flexibility index (Phi) is 3.07. The minimum absolute atomic E-state index is 0.585. The van der Waals surface area contributed by atoms with Gasteiger partial charge in [-0.05, 0) is 0 Å². The molecule has 0 bridgehead atoms. The molecule has 2 heterocycles. The minimum atomic E-state index is 0.585. The summed E-state index contributed by atoms with van der Waals surface area (Å²) in [4.78, 5) is 8.74. The third-order valence-electron chi connectivity index (χ3n) is 2.78. The summed E-state index contributed by atoms with van der Waals surface area (Å²) in [6.45, 7) is 1.33. The molecule has 0 atom stereocenters. The Morgan fingerprint density at radius 1 is 1.21 bits per heavy atom. The van der Waals surface area contributed by atoms with E-state index < -0.39 is 0 Å².